The molecular weight excluding hydrogens is 559 g/mol. The molecule has 0 radical (unpaired) electrons. The van der Waals surface area contributed by atoms with Crippen molar-refractivity contribution in [1.29, 1.82) is 0 Å². The minimum absolute atomic E-state index is 0.0482. The first-order chi connectivity index (χ1) is 19.2. The van der Waals surface area contributed by atoms with E-state index in [-0.39, 0.29) is 41.8 Å². The number of halogens is 5. The summed E-state index contributed by atoms with van der Waals surface area (Å²) in [5, 5.41) is 12.0. The van der Waals surface area contributed by atoms with Crippen LogP contribution in [0, 0.1) is 34.5 Å². The van der Waals surface area contributed by atoms with Crippen LogP contribution >= 0.6 is 11.8 Å². The van der Waals surface area contributed by atoms with Crippen molar-refractivity contribution in [2.24, 2.45) is 34.5 Å². The summed E-state index contributed by atoms with van der Waals surface area (Å²) in [5.41, 5.74) is -3.75. The van der Waals surface area contributed by atoms with E-state index < -0.39 is 35.5 Å². The van der Waals surface area contributed by atoms with Gasteiger partial charge in [-0.3, -0.25) is 4.79 Å². The van der Waals surface area contributed by atoms with Crippen molar-refractivity contribution in [2.45, 2.75) is 114 Å². The molecule has 4 aliphatic rings. The van der Waals surface area contributed by atoms with Gasteiger partial charge in [0.15, 0.2) is 10.9 Å². The molecule has 0 saturated heterocycles. The van der Waals surface area contributed by atoms with Crippen LogP contribution in [-0.4, -0.2) is 44.3 Å². The quantitative estimate of drug-likeness (QED) is 0.134. The van der Waals surface area contributed by atoms with Crippen molar-refractivity contribution in [3.8, 4) is 0 Å². The number of unbranched alkanes of at least 4 members (excludes halogenated alkanes) is 3. The predicted molar refractivity (Wildman–Crippen MR) is 147 cm³/mol. The molecule has 41 heavy (non-hydrogen) atoms. The molecule has 10 heteroatoms. The third kappa shape index (κ3) is 5.17. The van der Waals surface area contributed by atoms with E-state index in [1.165, 1.54) is 6.92 Å². The van der Waals surface area contributed by atoms with Crippen LogP contribution in [0.15, 0.2) is 35.3 Å². The number of hydrogen-bond donors (Lipinski definition) is 1. The van der Waals surface area contributed by atoms with Crippen LogP contribution in [0.25, 0.3) is 0 Å². The fraction of sp³-hybridized carbons (Fsp3) is 0.774. The maximum atomic E-state index is 15.0. The zero-order chi connectivity index (χ0) is 29.7. The Kier molecular flexibility index (Phi) is 8.42. The SMILES string of the molecule is C[C@]12CCC(=O)C=C1CC(CCCCCCSc1ncccn1)[C@@H]1[C@H]2CC[C@@]2(C)[C@H]1CCC2(O)C(F)(F)C(F)(F)F. The molecule has 7 atom stereocenters. The van der Waals surface area contributed by atoms with Gasteiger partial charge in [0.05, 0.1) is 0 Å². The van der Waals surface area contributed by atoms with E-state index in [1.807, 2.05) is 0 Å². The molecule has 4 aliphatic carbocycles. The Morgan fingerprint density at radius 2 is 1.66 bits per heavy atom. The lowest BCUT2D eigenvalue weighted by atomic mass is 9.43. The molecule has 0 aromatic carbocycles. The monoisotopic (exact) mass is 600 g/mol. The summed E-state index contributed by atoms with van der Waals surface area (Å²) in [7, 11) is 0. The van der Waals surface area contributed by atoms with E-state index in [0.29, 0.717) is 25.7 Å². The molecule has 0 bridgehead atoms. The van der Waals surface area contributed by atoms with Gasteiger partial charge in [0.2, 0.25) is 0 Å². The molecule has 4 nitrogen and oxygen atoms in total. The Morgan fingerprint density at radius 1 is 0.976 bits per heavy atom. The minimum Gasteiger partial charge on any atom is -0.383 e. The number of aromatic nitrogens is 2. The van der Waals surface area contributed by atoms with Gasteiger partial charge >= 0.3 is 12.1 Å². The number of allylic oxidation sites excluding steroid dienone is 1. The van der Waals surface area contributed by atoms with Gasteiger partial charge in [0, 0.05) is 30.0 Å². The van der Waals surface area contributed by atoms with Gasteiger partial charge in [-0.15, -0.1) is 0 Å². The highest BCUT2D eigenvalue weighted by molar-refractivity contribution is 7.99. The lowest BCUT2D eigenvalue weighted by Gasteiger charge is -2.62. The maximum Gasteiger partial charge on any atom is 0.456 e. The third-order valence-electron chi connectivity index (χ3n) is 11.4. The number of hydrogen-bond acceptors (Lipinski definition) is 5. The molecule has 3 saturated carbocycles. The van der Waals surface area contributed by atoms with Crippen LogP contribution in [0.4, 0.5) is 22.0 Å². The van der Waals surface area contributed by atoms with Crippen molar-refractivity contribution in [2.75, 3.05) is 5.75 Å². The fourth-order valence-corrected chi connectivity index (χ4v) is 9.95. The maximum absolute atomic E-state index is 15.0. The second kappa shape index (κ2) is 11.2. The summed E-state index contributed by atoms with van der Waals surface area (Å²) in [6, 6.07) is 1.78. The van der Waals surface area contributed by atoms with Crippen LogP contribution in [0.2, 0.25) is 0 Å². The lowest BCUT2D eigenvalue weighted by Crippen LogP contribution is -2.66. The first-order valence-corrected chi connectivity index (χ1v) is 16.0. The van der Waals surface area contributed by atoms with Crippen LogP contribution < -0.4 is 0 Å². The van der Waals surface area contributed by atoms with Crippen molar-refractivity contribution < 1.29 is 31.9 Å². The van der Waals surface area contributed by atoms with Crippen LogP contribution in [0.5, 0.6) is 0 Å². The van der Waals surface area contributed by atoms with Gasteiger partial charge in [-0.2, -0.15) is 22.0 Å². The van der Waals surface area contributed by atoms with E-state index in [1.54, 1.807) is 36.3 Å². The number of alkyl halides is 5. The molecule has 1 aromatic rings. The Bertz CT molecular complexity index is 1150. The number of thioether (sulfide) groups is 1. The Labute approximate surface area is 243 Å². The molecule has 1 N–H and O–H groups in total. The van der Waals surface area contributed by atoms with Crippen molar-refractivity contribution in [3.63, 3.8) is 0 Å². The zero-order valence-electron chi connectivity index (χ0n) is 23.9. The standard InChI is InChI=1S/C31H41F5N2O2S/c1-27-12-9-22(39)19-21(27)18-20(8-5-3-4-6-17-41-26-37-15-7-16-38-26)25-23(27)10-13-28(2)24(25)11-14-29(28,40)30(32,33)31(34,35)36/h7,15-16,19-20,23-25,40H,3-6,8-14,17-18H2,1-2H3/t20?,23-,24+,25-,27+,28+,29?/m1/s1. The van der Waals surface area contributed by atoms with Crippen molar-refractivity contribution >= 4 is 17.5 Å². The second-order valence-electron chi connectivity index (χ2n) is 13.3. The van der Waals surface area contributed by atoms with E-state index >= 15 is 0 Å². The average Bonchev–Trinajstić information content (AvgIpc) is 3.20. The molecule has 0 aliphatic heterocycles. The van der Waals surface area contributed by atoms with Gasteiger partial charge < -0.3 is 5.11 Å². The summed E-state index contributed by atoms with van der Waals surface area (Å²) in [6.45, 7) is 3.66. The Morgan fingerprint density at radius 3 is 2.37 bits per heavy atom. The average molecular weight is 601 g/mol. The largest absolute Gasteiger partial charge is 0.456 e. The highest BCUT2D eigenvalue weighted by Crippen LogP contribution is 2.72. The number of aliphatic hydroxyl groups is 1. The number of carbonyl (C=O) groups is 1. The van der Waals surface area contributed by atoms with Crippen molar-refractivity contribution in [1.82, 2.24) is 9.97 Å². The number of rotatable bonds is 9. The first-order valence-electron chi connectivity index (χ1n) is 15.1. The minimum atomic E-state index is -5.81. The summed E-state index contributed by atoms with van der Waals surface area (Å²) in [5.74, 6) is -4.38. The van der Waals surface area contributed by atoms with Crippen LogP contribution in [0.1, 0.15) is 90.9 Å². The molecule has 3 fully saturated rings. The van der Waals surface area contributed by atoms with Crippen molar-refractivity contribution in [3.05, 3.63) is 30.1 Å². The van der Waals surface area contributed by atoms with E-state index in [4.69, 9.17) is 0 Å². The van der Waals surface area contributed by atoms with E-state index in [0.717, 1.165) is 48.6 Å². The predicted octanol–water partition coefficient (Wildman–Crippen LogP) is 8.21. The topological polar surface area (TPSA) is 63.1 Å². The number of fused-ring (bicyclic) bond motifs is 5. The van der Waals surface area contributed by atoms with Crippen LogP contribution in [0.3, 0.4) is 0 Å². The van der Waals surface area contributed by atoms with Gasteiger partial charge in [0.1, 0.15) is 5.60 Å². The fourth-order valence-electron chi connectivity index (χ4n) is 9.15. The molecule has 228 valence electrons. The third-order valence-corrected chi connectivity index (χ3v) is 12.4. The summed E-state index contributed by atoms with van der Waals surface area (Å²) in [6.07, 6.45) is 6.32. The molecule has 1 heterocycles. The second-order valence-corrected chi connectivity index (χ2v) is 14.4. The Balaban J connectivity index is 1.32. The molecule has 5 rings (SSSR count). The van der Waals surface area contributed by atoms with Crippen LogP contribution in [-0.2, 0) is 4.79 Å². The normalized spacial score (nSPS) is 37.3. The summed E-state index contributed by atoms with van der Waals surface area (Å²) in [4.78, 5) is 20.8. The molecule has 0 spiro atoms. The molecule has 2 unspecified atom stereocenters. The number of carbonyl (C=O) groups excluding carboxylic acids is 1. The summed E-state index contributed by atoms with van der Waals surface area (Å²) < 4.78 is 70.8. The number of nitrogens with zero attached hydrogens (tertiary/aromatic N) is 2. The molecule has 0 amide bonds. The number of ketones is 1. The van der Waals surface area contributed by atoms with E-state index in [2.05, 4.69) is 16.9 Å². The highest BCUT2D eigenvalue weighted by Gasteiger charge is 2.79. The van der Waals surface area contributed by atoms with Gasteiger partial charge in [0.25, 0.3) is 0 Å². The van der Waals surface area contributed by atoms with Gasteiger partial charge in [-0.05, 0) is 92.6 Å². The Hall–Kier alpha value is -1.55. The smallest absolute Gasteiger partial charge is 0.383 e. The summed E-state index contributed by atoms with van der Waals surface area (Å²) >= 11 is 1.62. The van der Waals surface area contributed by atoms with E-state index in [9.17, 15) is 31.9 Å². The highest BCUT2D eigenvalue weighted by atomic mass is 32.2. The molecule has 1 aromatic heterocycles. The van der Waals surface area contributed by atoms with Gasteiger partial charge in [-0.25, -0.2) is 9.97 Å². The molecular formula is C31H41F5N2O2S. The van der Waals surface area contributed by atoms with Gasteiger partial charge in [-0.1, -0.05) is 50.4 Å². The lowest BCUT2D eigenvalue weighted by molar-refractivity contribution is -0.364. The first kappa shape index (κ1) is 30.9. The zero-order valence-corrected chi connectivity index (χ0v) is 24.7.